The maximum absolute atomic E-state index is 13.8. The minimum absolute atomic E-state index is 0.0681. The average molecular weight is 464 g/mol. The molecular weight excluding hydrogens is 448 g/mol. The van der Waals surface area contributed by atoms with Gasteiger partial charge in [0.25, 0.3) is 5.56 Å². The lowest BCUT2D eigenvalue weighted by Gasteiger charge is -2.15. The van der Waals surface area contributed by atoms with Crippen molar-refractivity contribution in [2.75, 3.05) is 0 Å². The zero-order chi connectivity index (χ0) is 21.1. The molecule has 0 aliphatic rings. The molecular formula is C21H16BrF2NO4. The topological polar surface area (TPSA) is 68.5 Å². The zero-order valence-corrected chi connectivity index (χ0v) is 16.9. The monoisotopic (exact) mass is 463 g/mol. The van der Waals surface area contributed by atoms with Gasteiger partial charge in [0.2, 0.25) is 0 Å². The Morgan fingerprint density at radius 1 is 1.14 bits per heavy atom. The Morgan fingerprint density at radius 2 is 1.86 bits per heavy atom. The van der Waals surface area contributed by atoms with Crippen LogP contribution in [0.25, 0.3) is 0 Å². The molecule has 3 rings (SSSR count). The number of aromatic carboxylic acids is 1. The number of carboxylic acid groups (broad SMARTS) is 1. The molecule has 0 atom stereocenters. The largest absolute Gasteiger partial charge is 0.487 e. The van der Waals surface area contributed by atoms with E-state index >= 15 is 0 Å². The molecule has 0 fully saturated rings. The van der Waals surface area contributed by atoms with Gasteiger partial charge in [-0.05, 0) is 46.6 Å². The lowest BCUT2D eigenvalue weighted by atomic mass is 10.1. The molecule has 8 heteroatoms. The second kappa shape index (κ2) is 8.57. The Labute approximate surface area is 173 Å². The fourth-order valence-electron chi connectivity index (χ4n) is 2.85. The Kier molecular flexibility index (Phi) is 6.12. The highest BCUT2D eigenvalue weighted by molar-refractivity contribution is 9.10. The molecule has 5 nitrogen and oxygen atoms in total. The van der Waals surface area contributed by atoms with Gasteiger partial charge in [-0.2, -0.15) is 0 Å². The molecule has 150 valence electrons. The van der Waals surface area contributed by atoms with Crippen LogP contribution in [0.3, 0.4) is 0 Å². The minimum Gasteiger partial charge on any atom is -0.487 e. The molecule has 2 aromatic carbocycles. The number of carboxylic acids is 1. The molecule has 0 saturated heterocycles. The molecule has 1 aromatic heterocycles. The summed E-state index contributed by atoms with van der Waals surface area (Å²) < 4.78 is 33.9. The number of aryl methyl sites for hydroxylation is 1. The van der Waals surface area contributed by atoms with Crippen LogP contribution in [0.15, 0.2) is 57.8 Å². The third kappa shape index (κ3) is 4.54. The maximum Gasteiger partial charge on any atom is 0.336 e. The van der Waals surface area contributed by atoms with E-state index in [2.05, 4.69) is 15.9 Å². The molecule has 3 aromatic rings. The first-order chi connectivity index (χ1) is 13.8. The van der Waals surface area contributed by atoms with E-state index in [1.165, 1.54) is 16.7 Å². The second-order valence-electron chi connectivity index (χ2n) is 6.34. The number of carbonyl (C=O) groups is 1. The lowest BCUT2D eigenvalue weighted by molar-refractivity contribution is 0.0695. The molecule has 0 saturated carbocycles. The van der Waals surface area contributed by atoms with E-state index in [0.29, 0.717) is 11.3 Å². The number of pyridine rings is 1. The fourth-order valence-corrected chi connectivity index (χ4v) is 3.29. The molecule has 0 amide bonds. The van der Waals surface area contributed by atoms with E-state index in [9.17, 15) is 23.5 Å². The highest BCUT2D eigenvalue weighted by Crippen LogP contribution is 2.25. The number of ether oxygens (including phenoxy) is 1. The number of hydrogen-bond acceptors (Lipinski definition) is 3. The first-order valence-electron chi connectivity index (χ1n) is 8.55. The van der Waals surface area contributed by atoms with Gasteiger partial charge in [-0.1, -0.05) is 18.2 Å². The molecule has 0 aliphatic carbocycles. The molecule has 0 unspecified atom stereocenters. The third-order valence-corrected chi connectivity index (χ3v) is 5.12. The maximum atomic E-state index is 13.8. The number of rotatable bonds is 6. The van der Waals surface area contributed by atoms with Crippen LogP contribution in [0.4, 0.5) is 8.78 Å². The van der Waals surface area contributed by atoms with Gasteiger partial charge in [-0.3, -0.25) is 4.79 Å². The van der Waals surface area contributed by atoms with E-state index in [1.54, 1.807) is 31.2 Å². The third-order valence-electron chi connectivity index (χ3n) is 4.39. The number of halogens is 3. The predicted molar refractivity (Wildman–Crippen MR) is 106 cm³/mol. The Balaban J connectivity index is 1.89. The molecule has 0 aliphatic heterocycles. The van der Waals surface area contributed by atoms with Gasteiger partial charge in [-0.25, -0.2) is 13.6 Å². The minimum atomic E-state index is -1.08. The van der Waals surface area contributed by atoms with Crippen molar-refractivity contribution in [2.24, 2.45) is 0 Å². The molecule has 29 heavy (non-hydrogen) atoms. The Bertz CT molecular complexity index is 1140. The fraction of sp³-hybridized carbons (Fsp3) is 0.143. The van der Waals surface area contributed by atoms with Crippen LogP contribution in [-0.2, 0) is 13.2 Å². The van der Waals surface area contributed by atoms with Crippen molar-refractivity contribution in [1.82, 2.24) is 4.57 Å². The predicted octanol–water partition coefficient (Wildman–Crippen LogP) is 4.52. The van der Waals surface area contributed by atoms with Gasteiger partial charge in [0.15, 0.2) is 0 Å². The van der Waals surface area contributed by atoms with Crippen molar-refractivity contribution in [3.8, 4) is 5.75 Å². The smallest absolute Gasteiger partial charge is 0.336 e. The van der Waals surface area contributed by atoms with Crippen molar-refractivity contribution in [3.05, 3.63) is 97.4 Å². The zero-order valence-electron chi connectivity index (χ0n) is 15.3. The number of aromatic nitrogens is 1. The molecule has 0 bridgehead atoms. The van der Waals surface area contributed by atoms with Crippen molar-refractivity contribution in [3.63, 3.8) is 0 Å². The molecule has 1 N–H and O–H groups in total. The van der Waals surface area contributed by atoms with Crippen LogP contribution in [0, 0.1) is 18.6 Å². The Morgan fingerprint density at radius 3 is 2.55 bits per heavy atom. The van der Waals surface area contributed by atoms with Crippen molar-refractivity contribution < 1.29 is 23.4 Å². The van der Waals surface area contributed by atoms with Gasteiger partial charge in [0, 0.05) is 23.4 Å². The van der Waals surface area contributed by atoms with Crippen molar-refractivity contribution in [1.29, 1.82) is 0 Å². The Hall–Kier alpha value is -3.00. The summed E-state index contributed by atoms with van der Waals surface area (Å²) in [7, 11) is 0. The second-order valence-corrected chi connectivity index (χ2v) is 7.13. The van der Waals surface area contributed by atoms with Crippen LogP contribution in [0.1, 0.15) is 27.2 Å². The standard InChI is InChI=1S/C21H16BrF2NO4/c1-12-8-18(29-11-14-6-7-15(23)9-17(14)24)19(22)20(26)25(12)10-13-4-2-3-5-16(13)21(27)28/h2-9H,10-11H2,1H3,(H,27,28). The summed E-state index contributed by atoms with van der Waals surface area (Å²) in [6.07, 6.45) is 0. The lowest BCUT2D eigenvalue weighted by Crippen LogP contribution is -2.25. The van der Waals surface area contributed by atoms with Crippen LogP contribution in [-0.4, -0.2) is 15.6 Å². The van der Waals surface area contributed by atoms with Crippen LogP contribution < -0.4 is 10.3 Å². The summed E-state index contributed by atoms with van der Waals surface area (Å²) in [5, 5.41) is 9.33. The van der Waals surface area contributed by atoms with E-state index < -0.39 is 23.2 Å². The number of nitrogens with zero attached hydrogens (tertiary/aromatic N) is 1. The van der Waals surface area contributed by atoms with Crippen molar-refractivity contribution in [2.45, 2.75) is 20.1 Å². The van der Waals surface area contributed by atoms with E-state index in [4.69, 9.17) is 4.74 Å². The molecule has 0 spiro atoms. The van der Waals surface area contributed by atoms with Crippen LogP contribution in [0.2, 0.25) is 0 Å². The molecule has 1 heterocycles. The highest BCUT2D eigenvalue weighted by Gasteiger charge is 2.16. The normalized spacial score (nSPS) is 10.8. The van der Waals surface area contributed by atoms with Crippen LogP contribution in [0.5, 0.6) is 5.75 Å². The summed E-state index contributed by atoms with van der Waals surface area (Å²) in [6.45, 7) is 1.57. The van der Waals surface area contributed by atoms with Gasteiger partial charge in [-0.15, -0.1) is 0 Å². The summed E-state index contributed by atoms with van der Waals surface area (Å²) in [5.74, 6) is -2.30. The van der Waals surface area contributed by atoms with E-state index in [0.717, 1.165) is 12.1 Å². The summed E-state index contributed by atoms with van der Waals surface area (Å²) in [4.78, 5) is 24.2. The average Bonchev–Trinajstić information content (AvgIpc) is 2.68. The van der Waals surface area contributed by atoms with Gasteiger partial charge in [0.05, 0.1) is 12.1 Å². The van der Waals surface area contributed by atoms with Gasteiger partial charge in [0.1, 0.15) is 28.5 Å². The van der Waals surface area contributed by atoms with Crippen molar-refractivity contribution >= 4 is 21.9 Å². The van der Waals surface area contributed by atoms with Crippen LogP contribution >= 0.6 is 15.9 Å². The first kappa shape index (κ1) is 20.7. The van der Waals surface area contributed by atoms with Gasteiger partial charge >= 0.3 is 5.97 Å². The molecule has 0 radical (unpaired) electrons. The van der Waals surface area contributed by atoms with Gasteiger partial charge < -0.3 is 14.4 Å². The van der Waals surface area contributed by atoms with E-state index in [-0.39, 0.29) is 34.5 Å². The van der Waals surface area contributed by atoms with E-state index in [1.807, 2.05) is 0 Å². The first-order valence-corrected chi connectivity index (χ1v) is 9.35. The summed E-state index contributed by atoms with van der Waals surface area (Å²) >= 11 is 3.20. The highest BCUT2D eigenvalue weighted by atomic mass is 79.9. The summed E-state index contributed by atoms with van der Waals surface area (Å²) in [5.41, 5.74) is 0.865. The summed E-state index contributed by atoms with van der Waals surface area (Å²) in [6, 6.07) is 11.2. The SMILES string of the molecule is Cc1cc(OCc2ccc(F)cc2F)c(Br)c(=O)n1Cc1ccccc1C(=O)O. The number of hydrogen-bond donors (Lipinski definition) is 1. The quantitative estimate of drug-likeness (QED) is 0.583. The number of benzene rings is 2.